The molecule has 3 heterocycles. The number of nitrogens with zero attached hydrogens (tertiary/aromatic N) is 2. The molecule has 0 spiro atoms. The summed E-state index contributed by atoms with van der Waals surface area (Å²) in [6, 6.07) is 4.29. The molecule has 1 aliphatic heterocycles. The number of hydrogen-bond donors (Lipinski definition) is 2. The summed E-state index contributed by atoms with van der Waals surface area (Å²) in [5.74, 6) is -0.0608. The van der Waals surface area contributed by atoms with Crippen molar-refractivity contribution < 1.29 is 4.79 Å². The van der Waals surface area contributed by atoms with Gasteiger partial charge in [0.1, 0.15) is 0 Å². The zero-order valence-corrected chi connectivity index (χ0v) is 12.2. The fourth-order valence-electron chi connectivity index (χ4n) is 2.74. The third kappa shape index (κ3) is 2.10. The van der Waals surface area contributed by atoms with Crippen LogP contribution in [-0.2, 0) is 6.42 Å². The van der Waals surface area contributed by atoms with E-state index in [0.29, 0.717) is 11.4 Å². The van der Waals surface area contributed by atoms with Crippen LogP contribution in [0.15, 0.2) is 17.5 Å². The Bertz CT molecular complexity index is 605. The second-order valence-corrected chi connectivity index (χ2v) is 5.97. The van der Waals surface area contributed by atoms with Gasteiger partial charge in [-0.2, -0.15) is 5.10 Å². The molecule has 2 aromatic rings. The predicted molar refractivity (Wildman–Crippen MR) is 79.7 cm³/mol. The fourth-order valence-corrected chi connectivity index (χ4v) is 3.62. The minimum Gasteiger partial charge on any atom is -0.395 e. The van der Waals surface area contributed by atoms with E-state index in [4.69, 9.17) is 5.73 Å². The summed E-state index contributed by atoms with van der Waals surface area (Å²) in [6.45, 7) is 2.76. The van der Waals surface area contributed by atoms with Crippen molar-refractivity contribution >= 4 is 22.9 Å². The number of aromatic nitrogens is 2. The molecule has 20 heavy (non-hydrogen) atoms. The zero-order valence-electron chi connectivity index (χ0n) is 11.4. The van der Waals surface area contributed by atoms with E-state index in [9.17, 15) is 4.79 Å². The lowest BCUT2D eigenvalue weighted by atomic mass is 10.1. The minimum atomic E-state index is -0.0608. The lowest BCUT2D eigenvalue weighted by Gasteiger charge is -2.23. The quantitative estimate of drug-likeness (QED) is 0.912. The van der Waals surface area contributed by atoms with Gasteiger partial charge in [0.15, 0.2) is 5.69 Å². The summed E-state index contributed by atoms with van der Waals surface area (Å²) in [6.07, 6.45) is 2.79. The van der Waals surface area contributed by atoms with Crippen molar-refractivity contribution in [3.63, 3.8) is 0 Å². The molecule has 3 N–H and O–H groups in total. The first-order valence-corrected chi connectivity index (χ1v) is 7.77. The Kier molecular flexibility index (Phi) is 3.48. The smallest absolute Gasteiger partial charge is 0.277 e. The van der Waals surface area contributed by atoms with E-state index in [2.05, 4.69) is 21.6 Å². The van der Waals surface area contributed by atoms with Crippen molar-refractivity contribution in [2.24, 2.45) is 0 Å². The SMILES string of the molecule is CCc1[nH]nc(C(=O)N2CCCC2c2cccs2)c1N. The summed E-state index contributed by atoms with van der Waals surface area (Å²) in [4.78, 5) is 15.8. The van der Waals surface area contributed by atoms with Gasteiger partial charge in [-0.3, -0.25) is 9.89 Å². The number of hydrogen-bond acceptors (Lipinski definition) is 4. The number of likely N-dealkylation sites (tertiary alicyclic amines) is 1. The third-order valence-electron chi connectivity index (χ3n) is 3.82. The van der Waals surface area contributed by atoms with Crippen LogP contribution in [0.3, 0.4) is 0 Å². The van der Waals surface area contributed by atoms with Crippen LogP contribution in [0.1, 0.15) is 46.9 Å². The van der Waals surface area contributed by atoms with Crippen molar-refractivity contribution in [3.8, 4) is 0 Å². The number of aromatic amines is 1. The summed E-state index contributed by atoms with van der Waals surface area (Å²) >= 11 is 1.70. The number of nitrogens with two attached hydrogens (primary N) is 1. The van der Waals surface area contributed by atoms with Gasteiger partial charge in [-0.1, -0.05) is 13.0 Å². The van der Waals surface area contributed by atoms with Crippen molar-refractivity contribution in [3.05, 3.63) is 33.8 Å². The van der Waals surface area contributed by atoms with Gasteiger partial charge in [0.05, 0.1) is 17.4 Å². The largest absolute Gasteiger partial charge is 0.395 e. The van der Waals surface area contributed by atoms with E-state index < -0.39 is 0 Å². The number of carbonyl (C=O) groups excluding carboxylic acids is 1. The lowest BCUT2D eigenvalue weighted by molar-refractivity contribution is 0.0733. The highest BCUT2D eigenvalue weighted by atomic mass is 32.1. The van der Waals surface area contributed by atoms with Crippen molar-refractivity contribution in [1.82, 2.24) is 15.1 Å². The fraction of sp³-hybridized carbons (Fsp3) is 0.429. The highest BCUT2D eigenvalue weighted by Crippen LogP contribution is 2.35. The number of aryl methyl sites for hydroxylation is 1. The van der Waals surface area contributed by atoms with Gasteiger partial charge in [-0.15, -0.1) is 11.3 Å². The first kappa shape index (κ1) is 13.2. The van der Waals surface area contributed by atoms with Gasteiger partial charge in [-0.25, -0.2) is 0 Å². The molecular weight excluding hydrogens is 272 g/mol. The maximum Gasteiger partial charge on any atom is 0.277 e. The summed E-state index contributed by atoms with van der Waals surface area (Å²) in [5, 5.41) is 9.02. The highest BCUT2D eigenvalue weighted by Gasteiger charge is 2.33. The van der Waals surface area contributed by atoms with E-state index in [1.165, 1.54) is 4.88 Å². The molecule has 1 unspecified atom stereocenters. The van der Waals surface area contributed by atoms with E-state index in [1.54, 1.807) is 11.3 Å². The molecule has 0 aliphatic carbocycles. The molecule has 3 rings (SSSR count). The number of anilines is 1. The number of carbonyl (C=O) groups is 1. The average molecular weight is 290 g/mol. The zero-order chi connectivity index (χ0) is 14.1. The van der Waals surface area contributed by atoms with E-state index in [1.807, 2.05) is 17.9 Å². The predicted octanol–water partition coefficient (Wildman–Crippen LogP) is 2.59. The number of rotatable bonds is 3. The number of H-pyrrole nitrogens is 1. The number of nitrogens with one attached hydrogen (secondary N) is 1. The van der Waals surface area contributed by atoms with Crippen LogP contribution in [0.25, 0.3) is 0 Å². The molecular formula is C14H18N4OS. The molecule has 1 amide bonds. The van der Waals surface area contributed by atoms with Crippen LogP contribution in [0.5, 0.6) is 0 Å². The van der Waals surface area contributed by atoms with Gasteiger partial charge in [0, 0.05) is 11.4 Å². The Morgan fingerprint density at radius 1 is 1.65 bits per heavy atom. The Hall–Kier alpha value is -1.82. The summed E-state index contributed by atoms with van der Waals surface area (Å²) in [7, 11) is 0. The first-order valence-electron chi connectivity index (χ1n) is 6.89. The van der Waals surface area contributed by atoms with E-state index >= 15 is 0 Å². The molecule has 0 aromatic carbocycles. The topological polar surface area (TPSA) is 75.0 Å². The average Bonchev–Trinajstić information content (AvgIpc) is 3.18. The van der Waals surface area contributed by atoms with Gasteiger partial charge in [-0.05, 0) is 30.7 Å². The standard InChI is InChI=1S/C14H18N4OS/c1-2-9-12(15)13(17-16-9)14(19)18-7-3-5-10(18)11-6-4-8-20-11/h4,6,8,10H,2-3,5,7,15H2,1H3,(H,16,17). The van der Waals surface area contributed by atoms with Crippen molar-refractivity contribution in [2.75, 3.05) is 12.3 Å². The summed E-state index contributed by atoms with van der Waals surface area (Å²) in [5.41, 5.74) is 7.70. The molecule has 0 saturated carbocycles. The molecule has 0 radical (unpaired) electrons. The lowest BCUT2D eigenvalue weighted by Crippen LogP contribution is -2.31. The monoisotopic (exact) mass is 290 g/mol. The minimum absolute atomic E-state index is 0.0608. The molecule has 5 nitrogen and oxygen atoms in total. The van der Waals surface area contributed by atoms with Crippen LogP contribution in [0.4, 0.5) is 5.69 Å². The van der Waals surface area contributed by atoms with Crippen LogP contribution in [0.2, 0.25) is 0 Å². The normalized spacial score (nSPS) is 18.6. The second kappa shape index (κ2) is 5.28. The van der Waals surface area contributed by atoms with E-state index in [0.717, 1.165) is 31.5 Å². The van der Waals surface area contributed by atoms with Gasteiger partial charge >= 0.3 is 0 Å². The number of nitrogen functional groups attached to an aromatic ring is 1. The Labute approximate surface area is 121 Å². The molecule has 106 valence electrons. The van der Waals surface area contributed by atoms with Crippen LogP contribution >= 0.6 is 11.3 Å². The Morgan fingerprint density at radius 2 is 2.50 bits per heavy atom. The van der Waals surface area contributed by atoms with Crippen molar-refractivity contribution in [1.29, 1.82) is 0 Å². The third-order valence-corrected chi connectivity index (χ3v) is 4.80. The van der Waals surface area contributed by atoms with Crippen LogP contribution in [-0.4, -0.2) is 27.5 Å². The number of thiophene rings is 1. The van der Waals surface area contributed by atoms with Crippen LogP contribution in [0, 0.1) is 0 Å². The first-order chi connectivity index (χ1) is 9.72. The molecule has 1 saturated heterocycles. The Morgan fingerprint density at radius 3 is 3.15 bits per heavy atom. The van der Waals surface area contributed by atoms with E-state index in [-0.39, 0.29) is 11.9 Å². The van der Waals surface area contributed by atoms with Crippen LogP contribution < -0.4 is 5.73 Å². The molecule has 1 fully saturated rings. The molecule has 2 aromatic heterocycles. The van der Waals surface area contributed by atoms with Crippen molar-refractivity contribution in [2.45, 2.75) is 32.2 Å². The Balaban J connectivity index is 1.87. The molecule has 0 bridgehead atoms. The summed E-state index contributed by atoms with van der Waals surface area (Å²) < 4.78 is 0. The van der Waals surface area contributed by atoms with Gasteiger partial charge in [0.2, 0.25) is 0 Å². The highest BCUT2D eigenvalue weighted by molar-refractivity contribution is 7.10. The second-order valence-electron chi connectivity index (χ2n) is 4.99. The maximum absolute atomic E-state index is 12.7. The maximum atomic E-state index is 12.7. The molecule has 1 aliphatic rings. The van der Waals surface area contributed by atoms with Gasteiger partial charge < -0.3 is 10.6 Å². The molecule has 6 heteroatoms. The van der Waals surface area contributed by atoms with Gasteiger partial charge in [0.25, 0.3) is 5.91 Å². The number of amides is 1. The molecule has 1 atom stereocenters.